The molecule has 0 aromatic rings. The van der Waals surface area contributed by atoms with Crippen LogP contribution in [0.3, 0.4) is 0 Å². The summed E-state index contributed by atoms with van der Waals surface area (Å²) in [4.78, 5) is 39.8. The molecule has 4 rings (SSSR count). The van der Waals surface area contributed by atoms with Gasteiger partial charge in [-0.1, -0.05) is 39.0 Å². The number of amides is 3. The van der Waals surface area contributed by atoms with Crippen LogP contribution in [0.1, 0.15) is 77.6 Å². The molecule has 3 aliphatic carbocycles. The van der Waals surface area contributed by atoms with Crippen molar-refractivity contribution in [3.8, 4) is 0 Å². The first-order valence-electron chi connectivity index (χ1n) is 12.0. The molecule has 1 spiro atoms. The summed E-state index contributed by atoms with van der Waals surface area (Å²) in [5, 5.41) is 13.7. The molecule has 4 fully saturated rings. The molecule has 0 aromatic heterocycles. The quantitative estimate of drug-likeness (QED) is 0.324. The lowest BCUT2D eigenvalue weighted by atomic mass is 9.76. The van der Waals surface area contributed by atoms with Crippen LogP contribution in [0.15, 0.2) is 0 Å². The minimum atomic E-state index is -0.451. The second kappa shape index (κ2) is 8.85. The van der Waals surface area contributed by atoms with E-state index in [1.165, 1.54) is 12.8 Å². The number of hydrogen-bond donors (Lipinski definition) is 2. The fourth-order valence-electron chi connectivity index (χ4n) is 5.92. The Hall–Kier alpha value is -1.63. The van der Waals surface area contributed by atoms with Crippen molar-refractivity contribution in [2.75, 3.05) is 13.1 Å². The third-order valence-electron chi connectivity index (χ3n) is 7.94. The van der Waals surface area contributed by atoms with Gasteiger partial charge in [-0.25, -0.2) is 5.06 Å². The molecule has 0 bridgehead atoms. The highest BCUT2D eigenvalue weighted by molar-refractivity contribution is 5.90. The molecule has 0 radical (unpaired) electrons. The van der Waals surface area contributed by atoms with Gasteiger partial charge in [-0.2, -0.15) is 0 Å². The Balaban J connectivity index is 1.56. The topological polar surface area (TPSA) is 90.0 Å². The van der Waals surface area contributed by atoms with Gasteiger partial charge >= 0.3 is 0 Å². The number of carbonyl (C=O) groups excluding carboxylic acids is 3. The lowest BCUT2D eigenvalue weighted by Gasteiger charge is -2.36. The van der Waals surface area contributed by atoms with Crippen molar-refractivity contribution < 1.29 is 19.6 Å². The molecule has 30 heavy (non-hydrogen) atoms. The highest BCUT2D eigenvalue weighted by Gasteiger charge is 2.56. The first-order chi connectivity index (χ1) is 14.5. The number of hydrogen-bond acceptors (Lipinski definition) is 4. The molecule has 0 aromatic carbocycles. The lowest BCUT2D eigenvalue weighted by Crippen LogP contribution is -2.51. The van der Waals surface area contributed by atoms with Crippen molar-refractivity contribution in [1.82, 2.24) is 15.3 Å². The van der Waals surface area contributed by atoms with E-state index in [1.54, 1.807) is 0 Å². The maximum absolute atomic E-state index is 13.9. The van der Waals surface area contributed by atoms with Gasteiger partial charge in [0.25, 0.3) is 0 Å². The zero-order chi connectivity index (χ0) is 21.3. The molecule has 1 aliphatic heterocycles. The van der Waals surface area contributed by atoms with E-state index in [-0.39, 0.29) is 35.7 Å². The van der Waals surface area contributed by atoms with E-state index in [4.69, 9.17) is 0 Å². The van der Waals surface area contributed by atoms with E-state index in [9.17, 15) is 19.6 Å². The zero-order valence-corrected chi connectivity index (χ0v) is 18.2. The Bertz CT molecular complexity index is 655. The van der Waals surface area contributed by atoms with Crippen molar-refractivity contribution >= 4 is 18.2 Å². The van der Waals surface area contributed by atoms with Gasteiger partial charge in [0, 0.05) is 12.6 Å². The largest absolute Gasteiger partial charge is 0.352 e. The van der Waals surface area contributed by atoms with Crippen LogP contribution < -0.4 is 5.32 Å². The monoisotopic (exact) mass is 419 g/mol. The van der Waals surface area contributed by atoms with Crippen LogP contribution in [0.2, 0.25) is 0 Å². The van der Waals surface area contributed by atoms with E-state index in [0.717, 1.165) is 57.8 Å². The van der Waals surface area contributed by atoms with Crippen LogP contribution in [0.5, 0.6) is 0 Å². The summed E-state index contributed by atoms with van der Waals surface area (Å²) in [5.41, 5.74) is 0.114. The molecule has 4 aliphatic rings. The minimum Gasteiger partial charge on any atom is -0.352 e. The van der Waals surface area contributed by atoms with E-state index in [1.807, 2.05) is 4.90 Å². The van der Waals surface area contributed by atoms with Gasteiger partial charge in [0.05, 0.1) is 12.5 Å². The normalized spacial score (nSPS) is 27.1. The summed E-state index contributed by atoms with van der Waals surface area (Å²) < 4.78 is 0. The summed E-state index contributed by atoms with van der Waals surface area (Å²) in [7, 11) is 0. The molecule has 168 valence electrons. The molecule has 1 saturated heterocycles. The van der Waals surface area contributed by atoms with Crippen molar-refractivity contribution in [3.63, 3.8) is 0 Å². The molecular formula is C23H37N3O4. The Kier molecular flexibility index (Phi) is 6.37. The molecule has 3 atom stereocenters. The van der Waals surface area contributed by atoms with E-state index >= 15 is 0 Å². The Morgan fingerprint density at radius 1 is 1.23 bits per heavy atom. The fraction of sp³-hybridized carbons (Fsp3) is 0.870. The number of rotatable bonds is 10. The average Bonchev–Trinajstić information content (AvgIpc) is 3.59. The van der Waals surface area contributed by atoms with E-state index < -0.39 is 12.0 Å². The highest BCUT2D eigenvalue weighted by Crippen LogP contribution is 2.55. The van der Waals surface area contributed by atoms with Gasteiger partial charge in [-0.3, -0.25) is 19.6 Å². The minimum absolute atomic E-state index is 0.0162. The number of nitrogens with one attached hydrogen (secondary N) is 1. The Morgan fingerprint density at radius 3 is 2.50 bits per heavy atom. The summed E-state index contributed by atoms with van der Waals surface area (Å²) in [6.07, 6.45) is 11.8. The van der Waals surface area contributed by atoms with Crippen LogP contribution in [-0.2, 0) is 14.4 Å². The van der Waals surface area contributed by atoms with Crippen LogP contribution in [0.25, 0.3) is 0 Å². The molecule has 3 saturated carbocycles. The maximum Gasteiger partial charge on any atom is 0.243 e. The molecule has 1 heterocycles. The van der Waals surface area contributed by atoms with Crippen molar-refractivity contribution in [2.24, 2.45) is 23.2 Å². The first kappa shape index (κ1) is 21.6. The summed E-state index contributed by atoms with van der Waals surface area (Å²) in [5.74, 6) is 0.0875. The second-order valence-electron chi connectivity index (χ2n) is 10.3. The average molecular weight is 420 g/mol. The molecule has 3 unspecified atom stereocenters. The summed E-state index contributed by atoms with van der Waals surface area (Å²) in [6.45, 7) is 2.78. The summed E-state index contributed by atoms with van der Waals surface area (Å²) >= 11 is 0. The number of carbonyl (C=O) groups is 3. The predicted octanol–water partition coefficient (Wildman–Crippen LogP) is 2.72. The highest BCUT2D eigenvalue weighted by atomic mass is 16.5. The Morgan fingerprint density at radius 2 is 1.93 bits per heavy atom. The van der Waals surface area contributed by atoms with E-state index in [2.05, 4.69) is 12.2 Å². The van der Waals surface area contributed by atoms with Gasteiger partial charge in [0.15, 0.2) is 0 Å². The molecule has 3 amide bonds. The van der Waals surface area contributed by atoms with E-state index in [0.29, 0.717) is 23.9 Å². The molecular weight excluding hydrogens is 382 g/mol. The fourth-order valence-corrected chi connectivity index (χ4v) is 5.92. The smallest absolute Gasteiger partial charge is 0.243 e. The maximum atomic E-state index is 13.9. The SMILES string of the molecule is CCCC(C1CCCC1)C(CN(O)C=O)C(=O)N1CC2(CC2)CC1C(=O)NC1CC1. The summed E-state index contributed by atoms with van der Waals surface area (Å²) in [6, 6.07) is -0.132. The van der Waals surface area contributed by atoms with Crippen LogP contribution >= 0.6 is 0 Å². The van der Waals surface area contributed by atoms with Gasteiger partial charge in [0.2, 0.25) is 18.2 Å². The number of hydroxylamine groups is 2. The molecule has 7 nitrogen and oxygen atoms in total. The van der Waals surface area contributed by atoms with Crippen LogP contribution in [0, 0.1) is 23.2 Å². The molecule has 2 N–H and O–H groups in total. The van der Waals surface area contributed by atoms with Crippen molar-refractivity contribution in [3.05, 3.63) is 0 Å². The van der Waals surface area contributed by atoms with Gasteiger partial charge in [-0.15, -0.1) is 0 Å². The third-order valence-corrected chi connectivity index (χ3v) is 7.94. The number of nitrogens with zero attached hydrogens (tertiary/aromatic N) is 2. The van der Waals surface area contributed by atoms with Crippen molar-refractivity contribution in [1.29, 1.82) is 0 Å². The third kappa shape index (κ3) is 4.66. The van der Waals surface area contributed by atoms with Crippen LogP contribution in [-0.4, -0.2) is 58.6 Å². The zero-order valence-electron chi connectivity index (χ0n) is 18.2. The predicted molar refractivity (Wildman–Crippen MR) is 111 cm³/mol. The Labute approximate surface area is 179 Å². The first-order valence-corrected chi connectivity index (χ1v) is 12.0. The van der Waals surface area contributed by atoms with Gasteiger partial charge in [0.1, 0.15) is 6.04 Å². The van der Waals surface area contributed by atoms with Gasteiger partial charge < -0.3 is 10.2 Å². The lowest BCUT2D eigenvalue weighted by molar-refractivity contribution is -0.161. The standard InChI is InChI=1S/C23H37N3O4/c1-2-5-18(16-6-3-4-7-16)19(13-25(30)15-27)22(29)26-14-23(10-11-23)12-20(26)21(28)24-17-8-9-17/h15-20,30H,2-14H2,1H3,(H,24,28). The molecule has 7 heteroatoms. The second-order valence-corrected chi connectivity index (χ2v) is 10.3. The number of likely N-dealkylation sites (tertiary alicyclic amines) is 1. The van der Waals surface area contributed by atoms with Gasteiger partial charge in [-0.05, 0) is 55.8 Å². The van der Waals surface area contributed by atoms with Crippen LogP contribution in [0.4, 0.5) is 0 Å². The van der Waals surface area contributed by atoms with Crippen molar-refractivity contribution in [2.45, 2.75) is 89.6 Å².